The van der Waals surface area contributed by atoms with Crippen LogP contribution in [-0.4, -0.2) is 24.1 Å². The maximum atomic E-state index is 3.54. The lowest BCUT2D eigenvalue weighted by molar-refractivity contribution is 0.453. The molecule has 0 aromatic heterocycles. The number of benzene rings is 1. The highest BCUT2D eigenvalue weighted by Crippen LogP contribution is 2.35. The van der Waals surface area contributed by atoms with Crippen LogP contribution in [0.3, 0.4) is 0 Å². The summed E-state index contributed by atoms with van der Waals surface area (Å²) in [5, 5.41) is 4.32. The maximum Gasteiger partial charge on any atom is 0.0161 e. The summed E-state index contributed by atoms with van der Waals surface area (Å²) in [6, 6.07) is 9.72. The van der Waals surface area contributed by atoms with Crippen LogP contribution in [0.2, 0.25) is 0 Å². The average molecular weight is 292 g/mol. The van der Waals surface area contributed by atoms with Gasteiger partial charge in [-0.2, -0.15) is 11.8 Å². The zero-order valence-electron chi connectivity index (χ0n) is 13.2. The minimum Gasteiger partial charge on any atom is -0.316 e. The molecule has 1 aliphatic rings. The first-order valence-corrected chi connectivity index (χ1v) is 9.16. The highest BCUT2D eigenvalue weighted by molar-refractivity contribution is 7.99. The molecule has 0 saturated heterocycles. The summed E-state index contributed by atoms with van der Waals surface area (Å²) in [7, 11) is 2.12. The first-order chi connectivity index (χ1) is 9.74. The van der Waals surface area contributed by atoms with Crippen molar-refractivity contribution in [2.45, 2.75) is 63.2 Å². The molecule has 2 heteroatoms. The average Bonchev–Trinajstić information content (AvgIpc) is 2.51. The Kier molecular flexibility index (Phi) is 6.44. The van der Waals surface area contributed by atoms with Crippen LogP contribution in [0.5, 0.6) is 0 Å². The number of fused-ring (bicyclic) bond motifs is 1. The third kappa shape index (κ3) is 4.26. The molecule has 0 aliphatic heterocycles. The van der Waals surface area contributed by atoms with Crippen LogP contribution in [0.1, 0.15) is 56.6 Å². The summed E-state index contributed by atoms with van der Waals surface area (Å²) in [6.45, 7) is 4.62. The van der Waals surface area contributed by atoms with Gasteiger partial charge >= 0.3 is 0 Å². The quantitative estimate of drug-likeness (QED) is 0.787. The molecule has 112 valence electrons. The second-order valence-corrected chi connectivity index (χ2v) is 7.53. The number of rotatable bonds is 7. The molecule has 3 unspecified atom stereocenters. The standard InChI is InChI=1S/C18H29NS/c1-4-14(2)20-13-17(19-3)12-16-10-7-9-15-8-5-6-11-18(15)16/h5-6,8,11,14,16-17,19H,4,7,9-10,12-13H2,1-3H3. The molecule has 1 aromatic carbocycles. The van der Waals surface area contributed by atoms with E-state index < -0.39 is 0 Å². The Hall–Kier alpha value is -0.470. The van der Waals surface area contributed by atoms with E-state index in [2.05, 4.69) is 62.2 Å². The lowest BCUT2D eigenvalue weighted by Crippen LogP contribution is -2.31. The van der Waals surface area contributed by atoms with E-state index in [-0.39, 0.29) is 0 Å². The van der Waals surface area contributed by atoms with Crippen molar-refractivity contribution < 1.29 is 0 Å². The SMILES string of the molecule is CCC(C)SCC(CC1CCCc2ccccc21)NC. The van der Waals surface area contributed by atoms with Crippen LogP contribution in [0, 0.1) is 0 Å². The number of hydrogen-bond acceptors (Lipinski definition) is 2. The van der Waals surface area contributed by atoms with E-state index in [0.717, 1.165) is 11.2 Å². The third-order valence-corrected chi connectivity index (χ3v) is 6.12. The van der Waals surface area contributed by atoms with E-state index in [4.69, 9.17) is 0 Å². The van der Waals surface area contributed by atoms with Crippen LogP contribution >= 0.6 is 11.8 Å². The Labute approximate surface area is 128 Å². The van der Waals surface area contributed by atoms with E-state index >= 15 is 0 Å². The van der Waals surface area contributed by atoms with Gasteiger partial charge in [0.05, 0.1) is 0 Å². The van der Waals surface area contributed by atoms with E-state index in [1.54, 1.807) is 11.1 Å². The molecule has 0 amide bonds. The van der Waals surface area contributed by atoms with Gasteiger partial charge in [-0.25, -0.2) is 0 Å². The van der Waals surface area contributed by atoms with Gasteiger partial charge in [0.1, 0.15) is 0 Å². The van der Waals surface area contributed by atoms with Gasteiger partial charge in [-0.3, -0.25) is 0 Å². The number of thioether (sulfide) groups is 1. The van der Waals surface area contributed by atoms with E-state index in [9.17, 15) is 0 Å². The molecule has 1 aromatic rings. The normalized spacial score (nSPS) is 21.2. The molecule has 2 rings (SSSR count). The number of hydrogen-bond donors (Lipinski definition) is 1. The fourth-order valence-electron chi connectivity index (χ4n) is 3.11. The summed E-state index contributed by atoms with van der Waals surface area (Å²) < 4.78 is 0. The van der Waals surface area contributed by atoms with Crippen molar-refractivity contribution in [2.75, 3.05) is 12.8 Å². The van der Waals surface area contributed by atoms with Crippen LogP contribution < -0.4 is 5.32 Å². The maximum absolute atomic E-state index is 3.54. The highest BCUT2D eigenvalue weighted by atomic mass is 32.2. The summed E-state index contributed by atoms with van der Waals surface area (Å²) in [5.41, 5.74) is 3.21. The fourth-order valence-corrected chi connectivity index (χ4v) is 4.21. The van der Waals surface area contributed by atoms with Gasteiger partial charge in [0.2, 0.25) is 0 Å². The molecular formula is C18H29NS. The van der Waals surface area contributed by atoms with Crippen LogP contribution in [0.4, 0.5) is 0 Å². The van der Waals surface area contributed by atoms with Crippen molar-refractivity contribution in [1.82, 2.24) is 5.32 Å². The Balaban J connectivity index is 1.95. The summed E-state index contributed by atoms with van der Waals surface area (Å²) in [4.78, 5) is 0. The van der Waals surface area contributed by atoms with Crippen molar-refractivity contribution in [3.63, 3.8) is 0 Å². The van der Waals surface area contributed by atoms with E-state index in [1.807, 2.05) is 0 Å². The van der Waals surface area contributed by atoms with Crippen molar-refractivity contribution in [2.24, 2.45) is 0 Å². The number of aryl methyl sites for hydroxylation is 1. The van der Waals surface area contributed by atoms with Gasteiger partial charge < -0.3 is 5.32 Å². The van der Waals surface area contributed by atoms with E-state index in [1.165, 1.54) is 37.9 Å². The fraction of sp³-hybridized carbons (Fsp3) is 0.667. The van der Waals surface area contributed by atoms with Gasteiger partial charge in [0.25, 0.3) is 0 Å². The molecule has 1 N–H and O–H groups in total. The smallest absolute Gasteiger partial charge is 0.0161 e. The van der Waals surface area contributed by atoms with Crippen molar-refractivity contribution in [3.8, 4) is 0 Å². The van der Waals surface area contributed by atoms with Gasteiger partial charge in [0, 0.05) is 17.0 Å². The monoisotopic (exact) mass is 291 g/mol. The minimum atomic E-state index is 0.644. The first-order valence-electron chi connectivity index (χ1n) is 8.11. The second kappa shape index (κ2) is 8.09. The van der Waals surface area contributed by atoms with Crippen molar-refractivity contribution in [1.29, 1.82) is 0 Å². The van der Waals surface area contributed by atoms with Crippen LogP contribution in [0.15, 0.2) is 24.3 Å². The lowest BCUT2D eigenvalue weighted by Gasteiger charge is -2.29. The van der Waals surface area contributed by atoms with E-state index in [0.29, 0.717) is 6.04 Å². The third-order valence-electron chi connectivity index (χ3n) is 4.63. The lowest BCUT2D eigenvalue weighted by atomic mass is 9.80. The molecule has 0 bridgehead atoms. The van der Waals surface area contributed by atoms with Gasteiger partial charge in [0.15, 0.2) is 0 Å². The molecule has 0 fully saturated rings. The van der Waals surface area contributed by atoms with Gasteiger partial charge in [-0.05, 0) is 56.2 Å². The Morgan fingerprint density at radius 3 is 2.90 bits per heavy atom. The minimum absolute atomic E-state index is 0.644. The molecule has 3 atom stereocenters. The molecule has 1 nitrogen and oxygen atoms in total. The first kappa shape index (κ1) is 15.9. The Morgan fingerprint density at radius 1 is 1.35 bits per heavy atom. The predicted molar refractivity (Wildman–Crippen MR) is 91.8 cm³/mol. The molecule has 0 saturated carbocycles. The molecule has 0 radical (unpaired) electrons. The summed E-state index contributed by atoms with van der Waals surface area (Å²) in [5.74, 6) is 2.00. The summed E-state index contributed by atoms with van der Waals surface area (Å²) >= 11 is 2.12. The molecule has 0 heterocycles. The van der Waals surface area contributed by atoms with Crippen LogP contribution in [0.25, 0.3) is 0 Å². The van der Waals surface area contributed by atoms with Crippen LogP contribution in [-0.2, 0) is 6.42 Å². The number of nitrogens with one attached hydrogen (secondary N) is 1. The van der Waals surface area contributed by atoms with Crippen molar-refractivity contribution in [3.05, 3.63) is 35.4 Å². The molecule has 1 aliphatic carbocycles. The highest BCUT2D eigenvalue weighted by Gasteiger charge is 2.22. The molecule has 20 heavy (non-hydrogen) atoms. The predicted octanol–water partition coefficient (Wildman–Crippen LogP) is 4.62. The topological polar surface area (TPSA) is 12.0 Å². The van der Waals surface area contributed by atoms with Gasteiger partial charge in [-0.1, -0.05) is 38.1 Å². The zero-order chi connectivity index (χ0) is 14.4. The largest absolute Gasteiger partial charge is 0.316 e. The second-order valence-electron chi connectivity index (χ2n) is 6.06. The van der Waals surface area contributed by atoms with Crippen molar-refractivity contribution >= 4 is 11.8 Å². The zero-order valence-corrected chi connectivity index (χ0v) is 14.0. The molecular weight excluding hydrogens is 262 g/mol. The Morgan fingerprint density at radius 2 is 2.15 bits per heavy atom. The summed E-state index contributed by atoms with van der Waals surface area (Å²) in [6.07, 6.45) is 6.56. The molecule has 0 spiro atoms. The van der Waals surface area contributed by atoms with Gasteiger partial charge in [-0.15, -0.1) is 0 Å². The Bertz CT molecular complexity index is 404.